The van der Waals surface area contributed by atoms with Gasteiger partial charge in [-0.05, 0) is 46.8 Å². The molecule has 0 unspecified atom stereocenters. The Morgan fingerprint density at radius 1 is 0.963 bits per heavy atom. The van der Waals surface area contributed by atoms with Crippen LogP contribution in [0.2, 0.25) is 0 Å². The smallest absolute Gasteiger partial charge is 0.196 e. The van der Waals surface area contributed by atoms with Gasteiger partial charge < -0.3 is 9.84 Å². The number of ketones is 1. The number of carbonyl (C=O) groups excluding carboxylic acids is 1. The largest absolute Gasteiger partial charge is 0.507 e. The highest BCUT2D eigenvalue weighted by atomic mass is 16.5. The van der Waals surface area contributed by atoms with Gasteiger partial charge >= 0.3 is 0 Å². The van der Waals surface area contributed by atoms with Crippen LogP contribution in [0.4, 0.5) is 0 Å². The van der Waals surface area contributed by atoms with Gasteiger partial charge in [0.2, 0.25) is 0 Å². The van der Waals surface area contributed by atoms with E-state index in [-0.39, 0.29) is 28.2 Å². The molecule has 1 heterocycles. The Balaban J connectivity index is 1.71. The molecule has 0 aromatic heterocycles. The molecule has 0 radical (unpaired) electrons. The Morgan fingerprint density at radius 3 is 2.11 bits per heavy atom. The van der Waals surface area contributed by atoms with Gasteiger partial charge in [0.05, 0.1) is 5.56 Å². The van der Waals surface area contributed by atoms with Gasteiger partial charge in [0, 0.05) is 22.7 Å². The number of hydrogen-bond acceptors (Lipinski definition) is 5. The predicted octanol–water partition coefficient (Wildman–Crippen LogP) is 3.47. The normalized spacial score (nSPS) is 19.6. The van der Waals surface area contributed by atoms with Crippen molar-refractivity contribution >= 4 is 5.78 Å². The number of carbonyl (C=O) groups is 1. The zero-order valence-corrected chi connectivity index (χ0v) is 16.6. The van der Waals surface area contributed by atoms with Crippen molar-refractivity contribution in [3.05, 3.63) is 59.7 Å². The van der Waals surface area contributed by atoms with E-state index in [4.69, 9.17) is 4.74 Å². The zero-order valence-electron chi connectivity index (χ0n) is 16.6. The Bertz CT molecular complexity index is 828. The summed E-state index contributed by atoms with van der Waals surface area (Å²) in [5.41, 5.74) is 0.205. The number of ether oxygens (including phenoxy) is 1. The van der Waals surface area contributed by atoms with Crippen LogP contribution in [0.5, 0.6) is 11.5 Å². The summed E-state index contributed by atoms with van der Waals surface area (Å²) in [5, 5.41) is 17.5. The second-order valence-corrected chi connectivity index (χ2v) is 8.49. The molecule has 0 spiro atoms. The molecule has 3 rings (SSSR count). The van der Waals surface area contributed by atoms with Gasteiger partial charge in [-0.2, -0.15) is 0 Å². The van der Waals surface area contributed by atoms with Gasteiger partial charge in [0.1, 0.15) is 23.8 Å². The van der Waals surface area contributed by atoms with E-state index in [0.717, 1.165) is 0 Å². The number of benzene rings is 2. The summed E-state index contributed by atoms with van der Waals surface area (Å²) in [7, 11) is 0. The minimum Gasteiger partial charge on any atom is -0.507 e. The summed E-state index contributed by atoms with van der Waals surface area (Å²) >= 11 is 0. The molecule has 1 aliphatic rings. The Kier molecular flexibility index (Phi) is 4.78. The van der Waals surface area contributed by atoms with Crippen LogP contribution < -0.4 is 15.4 Å². The summed E-state index contributed by atoms with van der Waals surface area (Å²) in [6.07, 6.45) is 0. The average molecular weight is 368 g/mol. The number of hydrogen-bond donors (Lipinski definition) is 3. The standard InChI is InChI=1S/C22H28N2O3/c1-20(2)21(3,4)24-22(5,23-20)14-27-16-11-12-17(18(25)13-16)19(26)15-9-7-6-8-10-15/h6-13,23-25H,14H2,1-5H3. The third kappa shape index (κ3) is 3.84. The van der Waals surface area contributed by atoms with Gasteiger partial charge in [-0.3, -0.25) is 15.4 Å². The molecule has 1 fully saturated rings. The lowest BCUT2D eigenvalue weighted by Gasteiger charge is -2.33. The van der Waals surface area contributed by atoms with E-state index in [0.29, 0.717) is 17.9 Å². The summed E-state index contributed by atoms with van der Waals surface area (Å²) in [4.78, 5) is 12.5. The van der Waals surface area contributed by atoms with Crippen molar-refractivity contribution in [3.8, 4) is 11.5 Å². The van der Waals surface area contributed by atoms with Crippen molar-refractivity contribution in [2.45, 2.75) is 51.4 Å². The number of aromatic hydroxyl groups is 1. The maximum atomic E-state index is 12.5. The minimum atomic E-state index is -0.402. The molecule has 0 bridgehead atoms. The quantitative estimate of drug-likeness (QED) is 0.705. The second-order valence-electron chi connectivity index (χ2n) is 8.49. The maximum Gasteiger partial charge on any atom is 0.196 e. The van der Waals surface area contributed by atoms with Crippen molar-refractivity contribution in [1.82, 2.24) is 10.6 Å². The molecule has 144 valence electrons. The van der Waals surface area contributed by atoms with Crippen molar-refractivity contribution in [2.24, 2.45) is 0 Å². The average Bonchev–Trinajstić information content (AvgIpc) is 2.76. The van der Waals surface area contributed by atoms with Crippen molar-refractivity contribution in [1.29, 1.82) is 0 Å². The van der Waals surface area contributed by atoms with E-state index in [1.807, 2.05) is 6.07 Å². The molecular formula is C22H28N2O3. The van der Waals surface area contributed by atoms with Crippen LogP contribution in [0.1, 0.15) is 50.5 Å². The predicted molar refractivity (Wildman–Crippen MR) is 106 cm³/mol. The topological polar surface area (TPSA) is 70.6 Å². The molecular weight excluding hydrogens is 340 g/mol. The molecule has 27 heavy (non-hydrogen) atoms. The zero-order chi connectivity index (χ0) is 19.9. The molecule has 5 heteroatoms. The van der Waals surface area contributed by atoms with Crippen LogP contribution in [0.15, 0.2) is 48.5 Å². The summed E-state index contributed by atoms with van der Waals surface area (Å²) < 4.78 is 5.90. The summed E-state index contributed by atoms with van der Waals surface area (Å²) in [5.74, 6) is 0.221. The fourth-order valence-corrected chi connectivity index (χ4v) is 3.56. The third-order valence-electron chi connectivity index (χ3n) is 5.52. The number of phenols is 1. The molecule has 2 aromatic rings. The van der Waals surface area contributed by atoms with Gasteiger partial charge in [-0.25, -0.2) is 0 Å². The molecule has 2 aromatic carbocycles. The lowest BCUT2D eigenvalue weighted by Crippen LogP contribution is -2.54. The lowest BCUT2D eigenvalue weighted by molar-refractivity contribution is 0.103. The first-order valence-corrected chi connectivity index (χ1v) is 9.17. The van der Waals surface area contributed by atoms with Crippen molar-refractivity contribution in [2.75, 3.05) is 6.61 Å². The van der Waals surface area contributed by atoms with Crippen LogP contribution in [0, 0.1) is 0 Å². The molecule has 1 aliphatic heterocycles. The fourth-order valence-electron chi connectivity index (χ4n) is 3.56. The van der Waals surface area contributed by atoms with Gasteiger partial charge in [0.25, 0.3) is 0 Å². The Labute approximate surface area is 160 Å². The minimum absolute atomic E-state index is 0.0838. The van der Waals surface area contributed by atoms with Crippen LogP contribution >= 0.6 is 0 Å². The van der Waals surface area contributed by atoms with E-state index in [1.54, 1.807) is 36.4 Å². The second kappa shape index (κ2) is 6.66. The molecule has 1 saturated heterocycles. The highest BCUT2D eigenvalue weighted by Crippen LogP contribution is 2.32. The van der Waals surface area contributed by atoms with Gasteiger partial charge in [-0.15, -0.1) is 0 Å². The first kappa shape index (κ1) is 19.4. The number of phenolic OH excluding ortho intramolecular Hbond substituents is 1. The summed E-state index contributed by atoms with van der Waals surface area (Å²) in [6.45, 7) is 11.0. The molecule has 0 aliphatic carbocycles. The first-order chi connectivity index (χ1) is 12.5. The monoisotopic (exact) mass is 368 g/mol. The SMILES string of the molecule is CC1(COc2ccc(C(=O)c3ccccc3)c(O)c2)NC(C)(C)C(C)(C)N1. The third-order valence-corrected chi connectivity index (χ3v) is 5.52. The van der Waals surface area contributed by atoms with E-state index >= 15 is 0 Å². The number of rotatable bonds is 5. The van der Waals surface area contributed by atoms with Crippen LogP contribution in [0.3, 0.4) is 0 Å². The molecule has 0 amide bonds. The van der Waals surface area contributed by atoms with Crippen LogP contribution in [0.25, 0.3) is 0 Å². The van der Waals surface area contributed by atoms with Gasteiger partial charge in [0.15, 0.2) is 5.78 Å². The Hall–Kier alpha value is -2.37. The summed E-state index contributed by atoms with van der Waals surface area (Å²) in [6, 6.07) is 13.7. The lowest BCUT2D eigenvalue weighted by atomic mass is 9.85. The van der Waals surface area contributed by atoms with Crippen LogP contribution in [-0.2, 0) is 0 Å². The number of nitrogens with one attached hydrogen (secondary N) is 2. The molecule has 0 atom stereocenters. The highest BCUT2D eigenvalue weighted by molar-refractivity contribution is 6.10. The van der Waals surface area contributed by atoms with Gasteiger partial charge in [-0.1, -0.05) is 30.3 Å². The first-order valence-electron chi connectivity index (χ1n) is 9.17. The van der Waals surface area contributed by atoms with E-state index < -0.39 is 5.66 Å². The molecule has 3 N–H and O–H groups in total. The molecule has 0 saturated carbocycles. The highest BCUT2D eigenvalue weighted by Gasteiger charge is 2.51. The van der Waals surface area contributed by atoms with Crippen molar-refractivity contribution < 1.29 is 14.6 Å². The van der Waals surface area contributed by atoms with Crippen LogP contribution in [-0.4, -0.2) is 34.2 Å². The van der Waals surface area contributed by atoms with E-state index in [9.17, 15) is 9.90 Å². The van der Waals surface area contributed by atoms with E-state index in [1.165, 1.54) is 6.07 Å². The Morgan fingerprint density at radius 2 is 1.56 bits per heavy atom. The molecule has 5 nitrogen and oxygen atoms in total. The maximum absolute atomic E-state index is 12.5. The fraction of sp³-hybridized carbons (Fsp3) is 0.409. The van der Waals surface area contributed by atoms with E-state index in [2.05, 4.69) is 45.3 Å². The van der Waals surface area contributed by atoms with Crippen molar-refractivity contribution in [3.63, 3.8) is 0 Å².